The summed E-state index contributed by atoms with van der Waals surface area (Å²) in [4.78, 5) is 26.8. The molecule has 0 amide bonds. The number of ether oxygens (including phenoxy) is 1. The van der Waals surface area contributed by atoms with Gasteiger partial charge in [-0.05, 0) is 11.6 Å². The summed E-state index contributed by atoms with van der Waals surface area (Å²) in [5.74, 6) is -1.36. The van der Waals surface area contributed by atoms with Gasteiger partial charge in [0.1, 0.15) is 0 Å². The summed E-state index contributed by atoms with van der Waals surface area (Å²) in [7, 11) is 1.38. The Balaban J connectivity index is 2.07. The van der Waals surface area contributed by atoms with E-state index < -0.39 is 23.3 Å². The molecule has 2 N–H and O–H groups in total. The molecule has 8 nitrogen and oxygen atoms in total. The fourth-order valence-corrected chi connectivity index (χ4v) is 2.31. The number of benzene rings is 1. The fraction of sp³-hybridized carbons (Fsp3) is 0.0556. The number of hydrogen-bond acceptors (Lipinski definition) is 6. The van der Waals surface area contributed by atoms with Gasteiger partial charge in [0.2, 0.25) is 5.75 Å². The summed E-state index contributed by atoms with van der Waals surface area (Å²) in [6.07, 6.45) is 3.33. The molecule has 26 heavy (non-hydrogen) atoms. The largest absolute Gasteiger partial charge is 0.512 e. The van der Waals surface area contributed by atoms with Crippen molar-refractivity contribution in [3.63, 3.8) is 0 Å². The number of aromatic hydroxyl groups is 1. The van der Waals surface area contributed by atoms with E-state index in [4.69, 9.17) is 9.52 Å². The standard InChI is InChI=1S/C18H14N2O6/c1-20-15(19-16(26-18(23)24)13(21)17(20)22)14-12(9-10-25-14)8-7-11-5-3-2-4-6-11/h2-10,21H,1H3,(H,23,24)/b8-7+. The molecule has 0 fully saturated rings. The third kappa shape index (κ3) is 3.34. The van der Waals surface area contributed by atoms with Crippen molar-refractivity contribution >= 4 is 18.3 Å². The van der Waals surface area contributed by atoms with Gasteiger partial charge in [0, 0.05) is 12.6 Å². The number of carboxylic acid groups (broad SMARTS) is 1. The van der Waals surface area contributed by atoms with Crippen LogP contribution in [-0.4, -0.2) is 25.9 Å². The van der Waals surface area contributed by atoms with E-state index in [0.717, 1.165) is 10.1 Å². The molecule has 0 bridgehead atoms. The zero-order valence-corrected chi connectivity index (χ0v) is 13.6. The van der Waals surface area contributed by atoms with Gasteiger partial charge in [-0.15, -0.1) is 0 Å². The van der Waals surface area contributed by atoms with E-state index in [-0.39, 0.29) is 11.6 Å². The Morgan fingerprint density at radius 3 is 2.65 bits per heavy atom. The van der Waals surface area contributed by atoms with Crippen LogP contribution in [0.2, 0.25) is 0 Å². The first-order valence-corrected chi connectivity index (χ1v) is 7.49. The van der Waals surface area contributed by atoms with Crippen molar-refractivity contribution in [3.8, 4) is 23.2 Å². The molecule has 3 rings (SSSR count). The zero-order chi connectivity index (χ0) is 18.7. The highest BCUT2D eigenvalue weighted by Gasteiger charge is 2.21. The molecule has 2 aromatic heterocycles. The Bertz CT molecular complexity index is 1030. The summed E-state index contributed by atoms with van der Waals surface area (Å²) in [6.45, 7) is 0. The van der Waals surface area contributed by atoms with Crippen molar-refractivity contribution in [2.45, 2.75) is 0 Å². The maximum atomic E-state index is 12.1. The minimum absolute atomic E-state index is 0.0155. The molecule has 132 valence electrons. The van der Waals surface area contributed by atoms with Gasteiger partial charge in [-0.3, -0.25) is 9.36 Å². The zero-order valence-electron chi connectivity index (χ0n) is 13.6. The van der Waals surface area contributed by atoms with Gasteiger partial charge >= 0.3 is 6.16 Å². The predicted molar refractivity (Wildman–Crippen MR) is 92.9 cm³/mol. The first-order valence-electron chi connectivity index (χ1n) is 7.49. The highest BCUT2D eigenvalue weighted by Crippen LogP contribution is 2.28. The lowest BCUT2D eigenvalue weighted by atomic mass is 10.1. The number of furan rings is 1. The molecule has 0 unspecified atom stereocenters. The number of carbonyl (C=O) groups is 1. The van der Waals surface area contributed by atoms with Crippen LogP contribution in [0.4, 0.5) is 4.79 Å². The average Bonchev–Trinajstić information content (AvgIpc) is 3.09. The van der Waals surface area contributed by atoms with Crippen LogP contribution in [0.15, 0.2) is 51.9 Å². The van der Waals surface area contributed by atoms with Gasteiger partial charge in [0.25, 0.3) is 11.4 Å². The highest BCUT2D eigenvalue weighted by molar-refractivity contribution is 5.76. The molecule has 0 atom stereocenters. The second-order valence-electron chi connectivity index (χ2n) is 5.27. The molecule has 0 aliphatic heterocycles. The third-order valence-electron chi connectivity index (χ3n) is 3.57. The lowest BCUT2D eigenvalue weighted by Crippen LogP contribution is -2.21. The van der Waals surface area contributed by atoms with Gasteiger partial charge in [-0.2, -0.15) is 4.98 Å². The SMILES string of the molecule is Cn1c(-c2occc2/C=C/c2ccccc2)nc(OC(=O)O)c(O)c1=O. The predicted octanol–water partition coefficient (Wildman–Crippen LogP) is 2.97. The Morgan fingerprint density at radius 2 is 1.96 bits per heavy atom. The van der Waals surface area contributed by atoms with E-state index in [2.05, 4.69) is 9.72 Å². The molecule has 0 spiro atoms. The summed E-state index contributed by atoms with van der Waals surface area (Å²) in [6, 6.07) is 11.2. The van der Waals surface area contributed by atoms with Crippen LogP contribution < -0.4 is 10.3 Å². The lowest BCUT2D eigenvalue weighted by molar-refractivity contribution is 0.140. The average molecular weight is 354 g/mol. The van der Waals surface area contributed by atoms with Crippen molar-refractivity contribution in [2.24, 2.45) is 7.05 Å². The highest BCUT2D eigenvalue weighted by atomic mass is 16.7. The van der Waals surface area contributed by atoms with Gasteiger partial charge in [0.15, 0.2) is 11.6 Å². The first kappa shape index (κ1) is 17.0. The summed E-state index contributed by atoms with van der Waals surface area (Å²) in [5.41, 5.74) is 0.714. The van der Waals surface area contributed by atoms with Crippen LogP contribution in [0.25, 0.3) is 23.7 Å². The van der Waals surface area contributed by atoms with Crippen molar-refractivity contribution in [3.05, 3.63) is 64.1 Å². The van der Waals surface area contributed by atoms with Gasteiger partial charge in [-0.25, -0.2) is 4.79 Å². The minimum Gasteiger partial charge on any atom is -0.499 e. The molecular weight excluding hydrogens is 340 g/mol. The Hall–Kier alpha value is -3.81. The van der Waals surface area contributed by atoms with Crippen molar-refractivity contribution < 1.29 is 24.2 Å². The van der Waals surface area contributed by atoms with Gasteiger partial charge in [-0.1, -0.05) is 42.5 Å². The molecule has 0 saturated heterocycles. The van der Waals surface area contributed by atoms with Crippen LogP contribution in [0, 0.1) is 0 Å². The smallest absolute Gasteiger partial charge is 0.499 e. The van der Waals surface area contributed by atoms with Crippen molar-refractivity contribution in [1.29, 1.82) is 0 Å². The molecule has 8 heteroatoms. The molecule has 3 aromatic rings. The van der Waals surface area contributed by atoms with Gasteiger partial charge < -0.3 is 19.4 Å². The van der Waals surface area contributed by atoms with Crippen molar-refractivity contribution in [1.82, 2.24) is 9.55 Å². The third-order valence-corrected chi connectivity index (χ3v) is 3.57. The summed E-state index contributed by atoms with van der Waals surface area (Å²) >= 11 is 0. The topological polar surface area (TPSA) is 115 Å². The van der Waals surface area contributed by atoms with E-state index in [1.165, 1.54) is 13.3 Å². The van der Waals surface area contributed by atoms with Gasteiger partial charge in [0.05, 0.1) is 6.26 Å². The molecule has 1 aromatic carbocycles. The van der Waals surface area contributed by atoms with E-state index in [0.29, 0.717) is 5.56 Å². The van der Waals surface area contributed by atoms with Crippen LogP contribution in [-0.2, 0) is 7.05 Å². The van der Waals surface area contributed by atoms with Crippen LogP contribution in [0.1, 0.15) is 11.1 Å². The van der Waals surface area contributed by atoms with Crippen molar-refractivity contribution in [2.75, 3.05) is 0 Å². The Labute approximate surface area is 147 Å². The molecule has 0 saturated carbocycles. The van der Waals surface area contributed by atoms with E-state index in [1.54, 1.807) is 12.1 Å². The van der Waals surface area contributed by atoms with Crippen LogP contribution in [0.3, 0.4) is 0 Å². The molecule has 0 radical (unpaired) electrons. The number of rotatable bonds is 4. The summed E-state index contributed by atoms with van der Waals surface area (Å²) < 4.78 is 10.8. The Morgan fingerprint density at radius 1 is 1.23 bits per heavy atom. The minimum atomic E-state index is -1.70. The second-order valence-corrected chi connectivity index (χ2v) is 5.27. The Kier molecular flexibility index (Phi) is 4.57. The van der Waals surface area contributed by atoms with E-state index in [1.807, 2.05) is 36.4 Å². The number of hydrogen-bond donors (Lipinski definition) is 2. The summed E-state index contributed by atoms with van der Waals surface area (Å²) in [5, 5.41) is 18.5. The fourth-order valence-electron chi connectivity index (χ4n) is 2.31. The second kappa shape index (κ2) is 6.98. The first-order chi connectivity index (χ1) is 12.5. The van der Waals surface area contributed by atoms with E-state index in [9.17, 15) is 14.7 Å². The molecule has 2 heterocycles. The monoisotopic (exact) mass is 354 g/mol. The molecule has 0 aliphatic rings. The lowest BCUT2D eigenvalue weighted by Gasteiger charge is -2.09. The number of aromatic nitrogens is 2. The number of nitrogens with zero attached hydrogens (tertiary/aromatic N) is 2. The molecule has 0 aliphatic carbocycles. The molecular formula is C18H14N2O6. The van der Waals surface area contributed by atoms with Crippen LogP contribution in [0.5, 0.6) is 11.6 Å². The maximum Gasteiger partial charge on any atom is 0.512 e. The van der Waals surface area contributed by atoms with Crippen LogP contribution >= 0.6 is 0 Å². The normalized spacial score (nSPS) is 11.0. The maximum absolute atomic E-state index is 12.1. The quantitative estimate of drug-likeness (QED) is 0.692. The van der Waals surface area contributed by atoms with E-state index >= 15 is 0 Å².